The summed E-state index contributed by atoms with van der Waals surface area (Å²) in [5.74, 6) is 3.26. The van der Waals surface area contributed by atoms with E-state index in [0.717, 1.165) is 56.3 Å². The molecule has 134 valence electrons. The molecule has 0 spiro atoms. The van der Waals surface area contributed by atoms with Crippen LogP contribution in [0.25, 0.3) is 0 Å². The largest absolute Gasteiger partial charge is 0.342 e. The maximum atomic E-state index is 12.8. The molecule has 2 aromatic rings. The Kier molecular flexibility index (Phi) is 4.27. The third kappa shape index (κ3) is 3.17. The maximum absolute atomic E-state index is 12.8. The zero-order valence-corrected chi connectivity index (χ0v) is 14.8. The Hall–Kier alpha value is -2.25. The van der Waals surface area contributed by atoms with Gasteiger partial charge in [-0.15, -0.1) is 0 Å². The molecule has 0 radical (unpaired) electrons. The monoisotopic (exact) mass is 344 g/mol. The van der Waals surface area contributed by atoms with Gasteiger partial charge in [0.15, 0.2) is 5.82 Å². The molecule has 0 aliphatic carbocycles. The van der Waals surface area contributed by atoms with Crippen molar-refractivity contribution in [1.29, 1.82) is 0 Å². The summed E-state index contributed by atoms with van der Waals surface area (Å²) in [5.41, 5.74) is 0. The summed E-state index contributed by atoms with van der Waals surface area (Å²) in [4.78, 5) is 23.6. The van der Waals surface area contributed by atoms with E-state index in [1.165, 1.54) is 0 Å². The van der Waals surface area contributed by atoms with Crippen LogP contribution in [0.4, 0.5) is 0 Å². The van der Waals surface area contributed by atoms with E-state index < -0.39 is 0 Å². The molecule has 1 fully saturated rings. The fourth-order valence-electron chi connectivity index (χ4n) is 3.69. The number of carbonyl (C=O) groups excluding carboxylic acids is 1. The normalized spacial score (nSPS) is 21.6. The summed E-state index contributed by atoms with van der Waals surface area (Å²) >= 11 is 0. The Morgan fingerprint density at radius 1 is 1.28 bits per heavy atom. The topological polar surface area (TPSA) is 89.9 Å². The van der Waals surface area contributed by atoms with Crippen LogP contribution in [0, 0.1) is 5.92 Å². The average molecular weight is 344 g/mol. The van der Waals surface area contributed by atoms with Crippen molar-refractivity contribution in [1.82, 2.24) is 29.8 Å². The molecule has 25 heavy (non-hydrogen) atoms. The van der Waals surface area contributed by atoms with Gasteiger partial charge < -0.3 is 9.42 Å². The van der Waals surface area contributed by atoms with Crippen molar-refractivity contribution < 1.29 is 9.32 Å². The number of amides is 1. The second kappa shape index (κ2) is 6.57. The predicted molar refractivity (Wildman–Crippen MR) is 88.8 cm³/mol. The van der Waals surface area contributed by atoms with Crippen molar-refractivity contribution in [2.75, 3.05) is 13.1 Å². The number of fused-ring (bicyclic) bond motifs is 1. The maximum Gasteiger partial charge on any atom is 0.229 e. The smallest absolute Gasteiger partial charge is 0.229 e. The number of aromatic nitrogens is 5. The predicted octanol–water partition coefficient (Wildman–Crippen LogP) is 1.75. The SMILES string of the molecule is CC(C)c1noc(C2CCN(C(=O)C3CCc4ncnn4C3)CC2)n1. The molecule has 8 nitrogen and oxygen atoms in total. The summed E-state index contributed by atoms with van der Waals surface area (Å²) in [6.07, 6.45) is 5.02. The van der Waals surface area contributed by atoms with Gasteiger partial charge >= 0.3 is 0 Å². The number of piperidine rings is 1. The Labute approximate surface area is 146 Å². The van der Waals surface area contributed by atoms with Crippen molar-refractivity contribution in [3.63, 3.8) is 0 Å². The molecule has 1 amide bonds. The summed E-state index contributed by atoms with van der Waals surface area (Å²) in [7, 11) is 0. The van der Waals surface area contributed by atoms with Crippen LogP contribution < -0.4 is 0 Å². The minimum atomic E-state index is 0.0155. The summed E-state index contributed by atoms with van der Waals surface area (Å²) in [6, 6.07) is 0. The molecule has 0 N–H and O–H groups in total. The van der Waals surface area contributed by atoms with Crippen molar-refractivity contribution in [3.8, 4) is 0 Å². The number of hydrogen-bond acceptors (Lipinski definition) is 6. The van der Waals surface area contributed by atoms with E-state index in [0.29, 0.717) is 6.54 Å². The molecule has 2 aliphatic heterocycles. The third-order valence-electron chi connectivity index (χ3n) is 5.28. The molecule has 1 saturated heterocycles. The number of hydrogen-bond donors (Lipinski definition) is 0. The lowest BCUT2D eigenvalue weighted by Crippen LogP contribution is -2.43. The summed E-state index contributed by atoms with van der Waals surface area (Å²) in [5, 5.41) is 8.26. The minimum Gasteiger partial charge on any atom is -0.342 e. The highest BCUT2D eigenvalue weighted by Gasteiger charge is 2.33. The second-order valence-electron chi connectivity index (χ2n) is 7.34. The Balaban J connectivity index is 1.34. The first-order valence-corrected chi connectivity index (χ1v) is 9.10. The number of nitrogens with zero attached hydrogens (tertiary/aromatic N) is 6. The summed E-state index contributed by atoms with van der Waals surface area (Å²) in [6.45, 7) is 6.27. The van der Waals surface area contributed by atoms with Gasteiger partial charge in [-0.05, 0) is 19.3 Å². The van der Waals surface area contributed by atoms with Gasteiger partial charge in [0.25, 0.3) is 0 Å². The lowest BCUT2D eigenvalue weighted by atomic mass is 9.93. The van der Waals surface area contributed by atoms with Gasteiger partial charge in [0.1, 0.15) is 12.2 Å². The van der Waals surface area contributed by atoms with Crippen molar-refractivity contribution in [3.05, 3.63) is 23.9 Å². The molecule has 0 aromatic carbocycles. The molecule has 1 atom stereocenters. The van der Waals surface area contributed by atoms with Crippen LogP contribution in [-0.4, -0.2) is 48.8 Å². The molecule has 2 aromatic heterocycles. The second-order valence-corrected chi connectivity index (χ2v) is 7.34. The first kappa shape index (κ1) is 16.2. The molecule has 0 saturated carbocycles. The molecular weight excluding hydrogens is 320 g/mol. The number of rotatable bonds is 3. The fourth-order valence-corrected chi connectivity index (χ4v) is 3.69. The van der Waals surface area contributed by atoms with Crippen molar-refractivity contribution in [2.45, 2.75) is 57.9 Å². The Morgan fingerprint density at radius 2 is 2.08 bits per heavy atom. The van der Waals surface area contributed by atoms with E-state index in [4.69, 9.17) is 4.52 Å². The van der Waals surface area contributed by atoms with Gasteiger partial charge in [-0.3, -0.25) is 4.79 Å². The molecule has 0 bridgehead atoms. The third-order valence-corrected chi connectivity index (χ3v) is 5.28. The van der Waals surface area contributed by atoms with E-state index >= 15 is 0 Å². The molecule has 4 rings (SSSR count). The van der Waals surface area contributed by atoms with E-state index in [-0.39, 0.29) is 23.7 Å². The van der Waals surface area contributed by atoms with E-state index in [9.17, 15) is 4.79 Å². The molecule has 8 heteroatoms. The highest BCUT2D eigenvalue weighted by molar-refractivity contribution is 5.79. The van der Waals surface area contributed by atoms with Gasteiger partial charge in [-0.1, -0.05) is 19.0 Å². The molecule has 1 unspecified atom stereocenters. The van der Waals surface area contributed by atoms with Gasteiger partial charge in [-0.25, -0.2) is 9.67 Å². The molecule has 4 heterocycles. The van der Waals surface area contributed by atoms with Gasteiger partial charge in [0.05, 0.1) is 12.5 Å². The van der Waals surface area contributed by atoms with Crippen LogP contribution in [0.3, 0.4) is 0 Å². The first-order chi connectivity index (χ1) is 12.1. The highest BCUT2D eigenvalue weighted by Crippen LogP contribution is 2.29. The van der Waals surface area contributed by atoms with Gasteiger partial charge in [0.2, 0.25) is 11.8 Å². The Morgan fingerprint density at radius 3 is 2.80 bits per heavy atom. The summed E-state index contributed by atoms with van der Waals surface area (Å²) < 4.78 is 7.29. The van der Waals surface area contributed by atoms with Crippen LogP contribution in [0.5, 0.6) is 0 Å². The quantitative estimate of drug-likeness (QED) is 0.843. The van der Waals surface area contributed by atoms with E-state index in [1.54, 1.807) is 6.33 Å². The number of likely N-dealkylation sites (tertiary alicyclic amines) is 1. The van der Waals surface area contributed by atoms with Crippen molar-refractivity contribution in [2.24, 2.45) is 5.92 Å². The zero-order valence-electron chi connectivity index (χ0n) is 14.8. The van der Waals surface area contributed by atoms with E-state index in [2.05, 4.69) is 34.1 Å². The lowest BCUT2D eigenvalue weighted by Gasteiger charge is -2.34. The van der Waals surface area contributed by atoms with Crippen LogP contribution in [0.15, 0.2) is 10.9 Å². The number of aryl methyl sites for hydroxylation is 1. The van der Waals surface area contributed by atoms with Crippen LogP contribution in [0.1, 0.15) is 62.5 Å². The standard InChI is InChI=1S/C17H24N6O2/c1-11(2)15-20-16(25-21-15)12-5-7-22(8-6-12)17(24)13-3-4-14-18-10-19-23(14)9-13/h10-13H,3-9H2,1-2H3. The lowest BCUT2D eigenvalue weighted by molar-refractivity contribution is -0.137. The fraction of sp³-hybridized carbons (Fsp3) is 0.706. The van der Waals surface area contributed by atoms with Crippen LogP contribution in [0.2, 0.25) is 0 Å². The Bertz CT molecular complexity index is 744. The van der Waals surface area contributed by atoms with Crippen molar-refractivity contribution >= 4 is 5.91 Å². The molecular formula is C17H24N6O2. The van der Waals surface area contributed by atoms with Gasteiger partial charge in [0, 0.05) is 31.3 Å². The van der Waals surface area contributed by atoms with E-state index in [1.807, 2.05) is 9.58 Å². The molecule has 2 aliphatic rings. The van der Waals surface area contributed by atoms with Gasteiger partial charge in [-0.2, -0.15) is 10.1 Å². The van der Waals surface area contributed by atoms with Crippen LogP contribution >= 0.6 is 0 Å². The zero-order chi connectivity index (χ0) is 17.4. The number of carbonyl (C=O) groups is 1. The minimum absolute atomic E-state index is 0.0155. The highest BCUT2D eigenvalue weighted by atomic mass is 16.5. The average Bonchev–Trinajstić information content (AvgIpc) is 3.30. The van der Waals surface area contributed by atoms with Crippen LogP contribution in [-0.2, 0) is 17.8 Å². The first-order valence-electron chi connectivity index (χ1n) is 9.10.